The molecule has 0 heterocycles. The van der Waals surface area contributed by atoms with E-state index in [-0.39, 0.29) is 18.6 Å². The molecule has 0 fully saturated rings. The van der Waals surface area contributed by atoms with Gasteiger partial charge in [-0.3, -0.25) is 5.32 Å². The molecule has 1 aromatic rings. The Morgan fingerprint density at radius 3 is 2.69 bits per heavy atom. The first-order valence-electron chi connectivity index (χ1n) is 4.38. The molecule has 0 saturated heterocycles. The van der Waals surface area contributed by atoms with Crippen LogP contribution >= 0.6 is 7.60 Å². The second-order valence-corrected chi connectivity index (χ2v) is 4.70. The molecular weight excluding hydrogens is 234 g/mol. The lowest BCUT2D eigenvalue weighted by Crippen LogP contribution is -2.17. The molecule has 0 amide bonds. The van der Waals surface area contributed by atoms with Gasteiger partial charge in [0.2, 0.25) is 0 Å². The van der Waals surface area contributed by atoms with Gasteiger partial charge in [0.1, 0.15) is 17.9 Å². The molecule has 2 N–H and O–H groups in total. The van der Waals surface area contributed by atoms with E-state index in [4.69, 9.17) is 9.79 Å². The molecule has 16 heavy (non-hydrogen) atoms. The molecule has 0 spiro atoms. The molecule has 0 aromatic heterocycles. The smallest absolute Gasteiger partial charge is 0.390 e. The van der Waals surface area contributed by atoms with Crippen LogP contribution in [0.3, 0.4) is 0 Å². The lowest BCUT2D eigenvalue weighted by atomic mass is 10.3. The van der Waals surface area contributed by atoms with Crippen LogP contribution in [0.15, 0.2) is 24.3 Å². The summed E-state index contributed by atoms with van der Waals surface area (Å²) >= 11 is 0. The number of nitrogens with zero attached hydrogens (tertiary/aromatic N) is 1. The molecular formula is C9H10FN2O3P. The Bertz CT molecular complexity index is 429. The highest BCUT2D eigenvalue weighted by Gasteiger charge is 2.20. The molecule has 5 nitrogen and oxygen atoms in total. The first kappa shape index (κ1) is 12.7. The third kappa shape index (κ3) is 4.41. The van der Waals surface area contributed by atoms with Crippen molar-refractivity contribution < 1.29 is 18.4 Å². The highest BCUT2D eigenvalue weighted by atomic mass is 31.2. The fraction of sp³-hybridized carbons (Fsp3) is 0.222. The summed E-state index contributed by atoms with van der Waals surface area (Å²) in [6.07, 6.45) is -0.335. The first-order chi connectivity index (χ1) is 7.53. The van der Waals surface area contributed by atoms with E-state index in [1.54, 1.807) is 6.07 Å². The van der Waals surface area contributed by atoms with Gasteiger partial charge in [-0.1, -0.05) is 0 Å². The van der Waals surface area contributed by atoms with Crippen LogP contribution in [0.25, 0.3) is 0 Å². The van der Waals surface area contributed by atoms with Gasteiger partial charge in [0.15, 0.2) is 0 Å². The summed E-state index contributed by atoms with van der Waals surface area (Å²) in [5.74, 6) is -0.353. The Labute approximate surface area is 92.0 Å². The summed E-state index contributed by atoms with van der Waals surface area (Å²) in [5, 5.41) is 10.7. The number of hydrogen-bond acceptors (Lipinski definition) is 4. The largest absolute Gasteiger partial charge is 0.424 e. The van der Waals surface area contributed by atoms with Gasteiger partial charge in [0.25, 0.3) is 0 Å². The van der Waals surface area contributed by atoms with Crippen LogP contribution in [0.5, 0.6) is 5.75 Å². The maximum atomic E-state index is 12.5. The maximum Gasteiger partial charge on any atom is 0.390 e. The van der Waals surface area contributed by atoms with Crippen LogP contribution in [0.1, 0.15) is 0 Å². The van der Waals surface area contributed by atoms with Crippen molar-refractivity contribution >= 4 is 7.60 Å². The molecule has 0 saturated carbocycles. The van der Waals surface area contributed by atoms with E-state index in [1.807, 2.05) is 0 Å². The molecule has 1 unspecified atom stereocenters. The molecule has 1 aromatic carbocycles. The molecule has 0 aliphatic carbocycles. The van der Waals surface area contributed by atoms with Gasteiger partial charge in [-0.15, -0.1) is 0 Å². The van der Waals surface area contributed by atoms with Crippen molar-refractivity contribution in [3.05, 3.63) is 30.1 Å². The summed E-state index contributed by atoms with van der Waals surface area (Å²) < 4.78 is 28.7. The van der Waals surface area contributed by atoms with Crippen molar-refractivity contribution in [3.63, 3.8) is 0 Å². The second-order valence-electron chi connectivity index (χ2n) is 2.93. The van der Waals surface area contributed by atoms with E-state index in [1.165, 1.54) is 12.1 Å². The number of hydrogen-bond donors (Lipinski definition) is 2. The van der Waals surface area contributed by atoms with Crippen molar-refractivity contribution in [2.75, 3.05) is 12.8 Å². The third-order valence-corrected chi connectivity index (χ3v) is 2.70. The van der Waals surface area contributed by atoms with Gasteiger partial charge in [0, 0.05) is 0 Å². The molecule has 0 aliphatic heterocycles. The lowest BCUT2D eigenvalue weighted by molar-refractivity contribution is 0.375. The number of halogens is 1. The average Bonchev–Trinajstić information content (AvgIpc) is 2.21. The summed E-state index contributed by atoms with van der Waals surface area (Å²) in [6, 6.07) is 6.51. The van der Waals surface area contributed by atoms with Crippen LogP contribution in [0.2, 0.25) is 0 Å². The van der Waals surface area contributed by atoms with Crippen molar-refractivity contribution in [1.29, 1.82) is 5.26 Å². The van der Waals surface area contributed by atoms with Gasteiger partial charge in [-0.05, 0) is 24.3 Å². The lowest BCUT2D eigenvalue weighted by Gasteiger charge is -2.12. The fourth-order valence-electron chi connectivity index (χ4n) is 0.946. The predicted molar refractivity (Wildman–Crippen MR) is 55.3 cm³/mol. The van der Waals surface area contributed by atoms with Crippen LogP contribution in [-0.4, -0.2) is 17.7 Å². The van der Waals surface area contributed by atoms with E-state index in [9.17, 15) is 13.8 Å². The molecule has 0 radical (unpaired) electrons. The monoisotopic (exact) mass is 244 g/mol. The first-order valence-corrected chi connectivity index (χ1v) is 6.14. The van der Waals surface area contributed by atoms with Crippen LogP contribution in [0, 0.1) is 17.1 Å². The summed E-state index contributed by atoms with van der Waals surface area (Å²) in [4.78, 5) is 9.33. The van der Waals surface area contributed by atoms with E-state index in [0.29, 0.717) is 0 Å². The van der Waals surface area contributed by atoms with E-state index in [0.717, 1.165) is 12.1 Å². The number of nitriles is 1. The van der Waals surface area contributed by atoms with Gasteiger partial charge in [-0.2, -0.15) is 5.26 Å². The highest BCUT2D eigenvalue weighted by molar-refractivity contribution is 7.53. The zero-order chi connectivity index (χ0) is 12.0. The molecule has 7 heteroatoms. The zero-order valence-electron chi connectivity index (χ0n) is 8.26. The van der Waals surface area contributed by atoms with Crippen LogP contribution in [0.4, 0.5) is 4.39 Å². The Kier molecular flexibility index (Phi) is 4.44. The van der Waals surface area contributed by atoms with Gasteiger partial charge in [0.05, 0.1) is 12.6 Å². The van der Waals surface area contributed by atoms with Gasteiger partial charge in [-0.25, -0.2) is 8.96 Å². The third-order valence-electron chi connectivity index (χ3n) is 1.58. The Morgan fingerprint density at radius 1 is 1.50 bits per heavy atom. The van der Waals surface area contributed by atoms with Crippen molar-refractivity contribution in [2.45, 2.75) is 0 Å². The van der Waals surface area contributed by atoms with E-state index in [2.05, 4.69) is 5.32 Å². The minimum absolute atomic E-state index is 0.0443. The summed E-state index contributed by atoms with van der Waals surface area (Å²) in [7, 11) is -3.84. The quantitative estimate of drug-likeness (QED) is 0.465. The summed E-state index contributed by atoms with van der Waals surface area (Å²) in [5.41, 5.74) is 0. The van der Waals surface area contributed by atoms with Crippen molar-refractivity contribution in [1.82, 2.24) is 5.32 Å². The number of nitrogens with one attached hydrogen (secondary N) is 1. The minimum atomic E-state index is -3.84. The van der Waals surface area contributed by atoms with Crippen LogP contribution < -0.4 is 9.84 Å². The van der Waals surface area contributed by atoms with E-state index < -0.39 is 13.4 Å². The Morgan fingerprint density at radius 2 is 2.12 bits per heavy atom. The van der Waals surface area contributed by atoms with E-state index >= 15 is 0 Å². The average molecular weight is 244 g/mol. The topological polar surface area (TPSA) is 82.4 Å². The van der Waals surface area contributed by atoms with Crippen molar-refractivity contribution in [3.8, 4) is 11.8 Å². The Hall–Kier alpha value is -1.41. The standard InChI is InChI=1S/C9H10FN2O3P/c10-8-1-3-9(4-2-8)15-16(13,14)7-12-6-5-11/h1-4,12H,6-7H2,(H,13,14). The molecule has 1 atom stereocenters. The van der Waals surface area contributed by atoms with Gasteiger partial charge < -0.3 is 9.42 Å². The van der Waals surface area contributed by atoms with Crippen molar-refractivity contribution in [2.24, 2.45) is 0 Å². The zero-order valence-corrected chi connectivity index (χ0v) is 9.15. The SMILES string of the molecule is N#CCNCP(=O)(O)Oc1ccc(F)cc1. The number of benzene rings is 1. The highest BCUT2D eigenvalue weighted by Crippen LogP contribution is 2.41. The number of rotatable bonds is 5. The molecule has 0 aliphatic rings. The molecule has 86 valence electrons. The molecule has 1 rings (SSSR count). The second kappa shape index (κ2) is 5.61. The summed E-state index contributed by atoms with van der Waals surface area (Å²) in [6.45, 7) is -0.0443. The minimum Gasteiger partial charge on any atom is -0.424 e. The van der Waals surface area contributed by atoms with Crippen LogP contribution in [-0.2, 0) is 4.57 Å². The Balaban J connectivity index is 2.55. The van der Waals surface area contributed by atoms with Gasteiger partial charge >= 0.3 is 7.60 Å². The predicted octanol–water partition coefficient (Wildman–Crippen LogP) is 1.46. The normalized spacial score (nSPS) is 13.8. The fourth-order valence-corrected chi connectivity index (χ4v) is 1.86. The molecule has 0 bridgehead atoms. The maximum absolute atomic E-state index is 12.5.